The molecule has 0 saturated carbocycles. The number of fused-ring (bicyclic) bond motifs is 2. The Balaban J connectivity index is 1.51. The van der Waals surface area contributed by atoms with Crippen molar-refractivity contribution >= 4 is 11.4 Å². The molecule has 0 radical (unpaired) electrons. The number of pyridine rings is 1. The molecule has 6 rings (SSSR count). The third-order valence-corrected chi connectivity index (χ3v) is 7.39. The van der Waals surface area contributed by atoms with Gasteiger partial charge in [-0.05, 0) is 35.4 Å². The highest BCUT2D eigenvalue weighted by Crippen LogP contribution is 2.50. The van der Waals surface area contributed by atoms with E-state index >= 15 is 0 Å². The highest BCUT2D eigenvalue weighted by atomic mass is 15.2. The SMILES string of the molecule is CC1(C)c2ccccc2N(c2cccc(-c3cccnc3-c3ccccc3)c2)C2C=CC=C[C@@H]21. The molecule has 3 aromatic carbocycles. The Morgan fingerprint density at radius 2 is 1.50 bits per heavy atom. The fourth-order valence-corrected chi connectivity index (χ4v) is 5.68. The minimum atomic E-state index is 0.0560. The van der Waals surface area contributed by atoms with Crippen molar-refractivity contribution in [3.63, 3.8) is 0 Å². The van der Waals surface area contributed by atoms with Gasteiger partial charge < -0.3 is 4.90 Å². The fraction of sp³-hybridized carbons (Fsp3) is 0.156. The fourth-order valence-electron chi connectivity index (χ4n) is 5.68. The molecule has 0 amide bonds. The summed E-state index contributed by atoms with van der Waals surface area (Å²) in [5.74, 6) is 0.398. The van der Waals surface area contributed by atoms with Gasteiger partial charge in [-0.15, -0.1) is 0 Å². The first-order chi connectivity index (χ1) is 16.6. The van der Waals surface area contributed by atoms with Crippen LogP contribution in [-0.4, -0.2) is 11.0 Å². The van der Waals surface area contributed by atoms with E-state index < -0.39 is 0 Å². The predicted molar refractivity (Wildman–Crippen MR) is 142 cm³/mol. The quantitative estimate of drug-likeness (QED) is 0.321. The van der Waals surface area contributed by atoms with Gasteiger partial charge in [0.25, 0.3) is 0 Å². The zero-order valence-electron chi connectivity index (χ0n) is 19.6. The summed E-state index contributed by atoms with van der Waals surface area (Å²) in [6.45, 7) is 4.76. The Kier molecular flexibility index (Phi) is 4.95. The Hall–Kier alpha value is -3.91. The maximum Gasteiger partial charge on any atom is 0.0780 e. The van der Waals surface area contributed by atoms with Crippen LogP contribution in [0.1, 0.15) is 19.4 Å². The smallest absolute Gasteiger partial charge is 0.0780 e. The van der Waals surface area contributed by atoms with E-state index in [1.54, 1.807) is 0 Å². The monoisotopic (exact) mass is 440 g/mol. The number of aromatic nitrogens is 1. The van der Waals surface area contributed by atoms with Gasteiger partial charge in [0.05, 0.1) is 11.7 Å². The molecule has 0 bridgehead atoms. The Morgan fingerprint density at radius 3 is 2.38 bits per heavy atom. The van der Waals surface area contributed by atoms with Crippen molar-refractivity contribution in [2.24, 2.45) is 5.92 Å². The number of nitrogens with zero attached hydrogens (tertiary/aromatic N) is 2. The van der Waals surface area contributed by atoms with Crippen LogP contribution < -0.4 is 4.90 Å². The molecule has 2 nitrogen and oxygen atoms in total. The zero-order valence-corrected chi connectivity index (χ0v) is 19.6. The number of hydrogen-bond acceptors (Lipinski definition) is 2. The van der Waals surface area contributed by atoms with Gasteiger partial charge in [-0.2, -0.15) is 0 Å². The maximum absolute atomic E-state index is 4.75. The molecule has 0 spiro atoms. The van der Waals surface area contributed by atoms with E-state index in [0.29, 0.717) is 5.92 Å². The molecule has 166 valence electrons. The molecule has 2 aliphatic rings. The minimum Gasteiger partial charge on any atom is -0.334 e. The second-order valence-corrected chi connectivity index (χ2v) is 9.71. The average Bonchev–Trinajstić information content (AvgIpc) is 2.90. The lowest BCUT2D eigenvalue weighted by molar-refractivity contribution is 0.332. The number of benzene rings is 3. The minimum absolute atomic E-state index is 0.0560. The largest absolute Gasteiger partial charge is 0.334 e. The second kappa shape index (κ2) is 8.14. The van der Waals surface area contributed by atoms with E-state index in [0.717, 1.165) is 16.8 Å². The van der Waals surface area contributed by atoms with Crippen molar-refractivity contribution in [2.75, 3.05) is 4.90 Å². The molecule has 2 heteroatoms. The average molecular weight is 441 g/mol. The van der Waals surface area contributed by atoms with E-state index in [9.17, 15) is 0 Å². The second-order valence-electron chi connectivity index (χ2n) is 9.71. The van der Waals surface area contributed by atoms with Gasteiger partial charge in [0.15, 0.2) is 0 Å². The van der Waals surface area contributed by atoms with Crippen molar-refractivity contribution in [2.45, 2.75) is 25.3 Å². The van der Waals surface area contributed by atoms with E-state index in [4.69, 9.17) is 4.98 Å². The summed E-state index contributed by atoms with van der Waals surface area (Å²) in [6, 6.07) is 32.7. The van der Waals surface area contributed by atoms with Crippen LogP contribution in [0.5, 0.6) is 0 Å². The van der Waals surface area contributed by atoms with E-state index in [-0.39, 0.29) is 11.5 Å². The first-order valence-electron chi connectivity index (χ1n) is 12.0. The third kappa shape index (κ3) is 3.30. The van der Waals surface area contributed by atoms with E-state index in [1.807, 2.05) is 18.3 Å². The standard InChI is InChI=1S/C32H28N2/c1-32(2)27-17-6-8-19-29(27)34(30-20-9-7-18-28(30)32)25-15-10-14-24(22-25)26-16-11-21-33-31(26)23-12-4-3-5-13-23/h3-22,27,29H,1-2H3/t27-,29?/m0/s1. The molecule has 1 aromatic heterocycles. The van der Waals surface area contributed by atoms with Gasteiger partial charge in [-0.25, -0.2) is 0 Å². The molecular weight excluding hydrogens is 412 g/mol. The normalized spacial score (nSPS) is 20.0. The Bertz CT molecular complexity index is 1400. The summed E-state index contributed by atoms with van der Waals surface area (Å²) in [7, 11) is 0. The van der Waals surface area contributed by atoms with Gasteiger partial charge in [0.1, 0.15) is 0 Å². The number of hydrogen-bond donors (Lipinski definition) is 0. The third-order valence-electron chi connectivity index (χ3n) is 7.39. The highest BCUT2D eigenvalue weighted by Gasteiger charge is 2.44. The first-order valence-corrected chi connectivity index (χ1v) is 12.0. The molecule has 0 N–H and O–H groups in total. The van der Waals surface area contributed by atoms with Crippen LogP contribution in [0.15, 0.2) is 121 Å². The summed E-state index contributed by atoms with van der Waals surface area (Å²) in [5, 5.41) is 0. The summed E-state index contributed by atoms with van der Waals surface area (Å²) < 4.78 is 0. The molecule has 4 aromatic rings. The lowest BCUT2D eigenvalue weighted by Crippen LogP contribution is -2.49. The molecular formula is C32H28N2. The van der Waals surface area contributed by atoms with Crippen molar-refractivity contribution in [3.8, 4) is 22.4 Å². The number of allylic oxidation sites excluding steroid dienone is 2. The Labute approximate surface area is 201 Å². The van der Waals surface area contributed by atoms with E-state index in [1.165, 1.54) is 22.5 Å². The summed E-state index contributed by atoms with van der Waals surface area (Å²) in [5.41, 5.74) is 8.43. The van der Waals surface area contributed by atoms with Crippen molar-refractivity contribution < 1.29 is 0 Å². The molecule has 1 aliphatic carbocycles. The zero-order chi connectivity index (χ0) is 23.1. The molecule has 1 aliphatic heterocycles. The molecule has 0 fully saturated rings. The Morgan fingerprint density at radius 1 is 0.735 bits per heavy atom. The van der Waals surface area contributed by atoms with Crippen molar-refractivity contribution in [1.29, 1.82) is 0 Å². The molecule has 34 heavy (non-hydrogen) atoms. The predicted octanol–water partition coefficient (Wildman–Crippen LogP) is 7.96. The summed E-state index contributed by atoms with van der Waals surface area (Å²) in [6.07, 6.45) is 11.0. The molecule has 2 atom stereocenters. The van der Waals surface area contributed by atoms with Crippen LogP contribution in [0, 0.1) is 5.92 Å². The van der Waals surface area contributed by atoms with Crippen molar-refractivity contribution in [3.05, 3.63) is 127 Å². The van der Waals surface area contributed by atoms with Crippen LogP contribution in [0.3, 0.4) is 0 Å². The lowest BCUT2D eigenvalue weighted by atomic mass is 9.65. The lowest BCUT2D eigenvalue weighted by Gasteiger charge is -2.50. The maximum atomic E-state index is 4.75. The highest BCUT2D eigenvalue weighted by molar-refractivity contribution is 5.83. The first kappa shape index (κ1) is 20.7. The van der Waals surface area contributed by atoms with E-state index in [2.05, 4.69) is 122 Å². The van der Waals surface area contributed by atoms with Gasteiger partial charge in [-0.3, -0.25) is 4.98 Å². The van der Waals surface area contributed by atoms with Gasteiger partial charge in [-0.1, -0.05) is 105 Å². The number of anilines is 2. The molecule has 0 saturated heterocycles. The molecule has 2 heterocycles. The van der Waals surface area contributed by atoms with Crippen LogP contribution in [0.4, 0.5) is 11.4 Å². The molecule has 1 unspecified atom stereocenters. The van der Waals surface area contributed by atoms with Crippen molar-refractivity contribution in [1.82, 2.24) is 4.98 Å². The van der Waals surface area contributed by atoms with Gasteiger partial charge >= 0.3 is 0 Å². The van der Waals surface area contributed by atoms with Crippen LogP contribution in [0.25, 0.3) is 22.4 Å². The van der Waals surface area contributed by atoms with Crippen LogP contribution >= 0.6 is 0 Å². The summed E-state index contributed by atoms with van der Waals surface area (Å²) >= 11 is 0. The summed E-state index contributed by atoms with van der Waals surface area (Å²) in [4.78, 5) is 7.28. The van der Waals surface area contributed by atoms with Gasteiger partial charge in [0.2, 0.25) is 0 Å². The van der Waals surface area contributed by atoms with Crippen LogP contribution in [-0.2, 0) is 5.41 Å². The topological polar surface area (TPSA) is 16.1 Å². The number of para-hydroxylation sites is 1. The number of rotatable bonds is 3. The van der Waals surface area contributed by atoms with Gasteiger partial charge in [0, 0.05) is 40.0 Å². The van der Waals surface area contributed by atoms with Crippen LogP contribution in [0.2, 0.25) is 0 Å².